The summed E-state index contributed by atoms with van der Waals surface area (Å²) >= 11 is 0. The minimum Gasteiger partial charge on any atom is -0.200 e. The van der Waals surface area contributed by atoms with Crippen LogP contribution in [0.25, 0.3) is 0 Å². The highest BCUT2D eigenvalue weighted by Crippen LogP contribution is 2.00. The summed E-state index contributed by atoms with van der Waals surface area (Å²) in [6, 6.07) is 6.08. The Morgan fingerprint density at radius 3 is 2.67 bits per heavy atom. The highest BCUT2D eigenvalue weighted by Gasteiger charge is 2.01. The lowest BCUT2D eigenvalue weighted by atomic mass is 10.3. The average Bonchev–Trinajstić information content (AvgIpc) is 2.59. The molecule has 0 aliphatic heterocycles. The van der Waals surface area contributed by atoms with E-state index in [1.54, 1.807) is 0 Å². The second kappa shape index (κ2) is 3.21. The Morgan fingerprint density at radius 2 is 2.00 bits per heavy atom. The van der Waals surface area contributed by atoms with Crippen molar-refractivity contribution in [2.45, 2.75) is 6.54 Å². The number of hydrogen-bond donors (Lipinski definition) is 0. The van der Waals surface area contributed by atoms with E-state index in [-0.39, 0.29) is 0 Å². The summed E-state index contributed by atoms with van der Waals surface area (Å²) in [6.07, 6.45) is 10.2. The van der Waals surface area contributed by atoms with E-state index in [1.807, 2.05) is 30.4 Å². The summed E-state index contributed by atoms with van der Waals surface area (Å²) in [6.45, 7) is 0.911. The van der Waals surface area contributed by atoms with Gasteiger partial charge < -0.3 is 0 Å². The second-order valence-corrected chi connectivity index (χ2v) is 2.74. The molecule has 0 saturated heterocycles. The molecule has 1 nitrogen and oxygen atoms in total. The van der Waals surface area contributed by atoms with Crippen LogP contribution in [0.5, 0.6) is 0 Å². The Hall–Kier alpha value is -1.59. The molecular weight excluding hydrogens is 146 g/mol. The third-order valence-corrected chi connectivity index (χ3v) is 1.79. The number of allylic oxidation sites excluding steroid dienone is 3. The molecule has 1 aliphatic rings. The van der Waals surface area contributed by atoms with E-state index in [1.165, 1.54) is 5.57 Å². The highest BCUT2D eigenvalue weighted by molar-refractivity contribution is 5.27. The molecule has 1 aromatic heterocycles. The summed E-state index contributed by atoms with van der Waals surface area (Å²) in [7, 11) is 0. The van der Waals surface area contributed by atoms with Crippen LogP contribution in [0.2, 0.25) is 0 Å². The van der Waals surface area contributed by atoms with Crippen molar-refractivity contribution in [1.29, 1.82) is 0 Å². The maximum Gasteiger partial charge on any atom is 0.180 e. The van der Waals surface area contributed by atoms with Crippen LogP contribution in [-0.2, 0) is 6.54 Å². The average molecular weight is 156 g/mol. The minimum absolute atomic E-state index is 0.911. The lowest BCUT2D eigenvalue weighted by Crippen LogP contribution is -2.32. The molecule has 0 N–H and O–H groups in total. The van der Waals surface area contributed by atoms with Crippen molar-refractivity contribution in [3.8, 4) is 0 Å². The molecule has 0 amide bonds. The smallest absolute Gasteiger partial charge is 0.180 e. The van der Waals surface area contributed by atoms with E-state index in [4.69, 9.17) is 0 Å². The molecular formula is C11H10N+. The van der Waals surface area contributed by atoms with Gasteiger partial charge in [-0.1, -0.05) is 12.1 Å². The van der Waals surface area contributed by atoms with Gasteiger partial charge in [-0.15, -0.1) is 5.73 Å². The van der Waals surface area contributed by atoms with Crippen molar-refractivity contribution >= 4 is 0 Å². The number of rotatable bonds is 2. The SMILES string of the molecule is C1=CC=CC=1C[n+]1ccccc1. The molecule has 1 heterocycles. The van der Waals surface area contributed by atoms with Crippen LogP contribution >= 0.6 is 0 Å². The van der Waals surface area contributed by atoms with Crippen molar-refractivity contribution in [3.05, 3.63) is 60.1 Å². The first-order chi connectivity index (χ1) is 5.95. The van der Waals surface area contributed by atoms with Crippen LogP contribution in [0, 0.1) is 0 Å². The van der Waals surface area contributed by atoms with Gasteiger partial charge in [0, 0.05) is 12.1 Å². The molecule has 0 atom stereocenters. The van der Waals surface area contributed by atoms with Crippen LogP contribution in [0.4, 0.5) is 0 Å². The fraction of sp³-hybridized carbons (Fsp3) is 0.0909. The topological polar surface area (TPSA) is 3.88 Å². The van der Waals surface area contributed by atoms with E-state index >= 15 is 0 Å². The first kappa shape index (κ1) is 7.08. The van der Waals surface area contributed by atoms with Gasteiger partial charge >= 0.3 is 0 Å². The van der Waals surface area contributed by atoms with Crippen molar-refractivity contribution in [2.24, 2.45) is 0 Å². The Labute approximate surface area is 72.0 Å². The summed E-state index contributed by atoms with van der Waals surface area (Å²) < 4.78 is 2.13. The summed E-state index contributed by atoms with van der Waals surface area (Å²) in [5.74, 6) is 0. The molecule has 0 saturated carbocycles. The molecule has 1 aliphatic carbocycles. The largest absolute Gasteiger partial charge is 0.200 e. The fourth-order valence-corrected chi connectivity index (χ4v) is 1.20. The summed E-state index contributed by atoms with van der Waals surface area (Å²) in [5, 5.41) is 0. The number of pyridine rings is 1. The van der Waals surface area contributed by atoms with E-state index in [2.05, 4.69) is 28.8 Å². The standard InChI is InChI=1S/C11H10N/c1-4-8-12(9-5-1)10-11-6-2-3-7-11/h1-6,8-9H,10H2/q+1. The molecule has 0 bridgehead atoms. The third-order valence-electron chi connectivity index (χ3n) is 1.79. The van der Waals surface area contributed by atoms with Crippen molar-refractivity contribution in [1.82, 2.24) is 0 Å². The quantitative estimate of drug-likeness (QED) is 0.452. The number of nitrogens with zero attached hydrogens (tertiary/aromatic N) is 1. The molecule has 12 heavy (non-hydrogen) atoms. The molecule has 1 aromatic rings. The zero-order chi connectivity index (χ0) is 8.23. The highest BCUT2D eigenvalue weighted by atomic mass is 14.9. The van der Waals surface area contributed by atoms with E-state index in [0.29, 0.717) is 0 Å². The van der Waals surface area contributed by atoms with Crippen LogP contribution < -0.4 is 4.57 Å². The van der Waals surface area contributed by atoms with Gasteiger partial charge in [0.15, 0.2) is 18.9 Å². The number of aromatic nitrogens is 1. The van der Waals surface area contributed by atoms with Crippen LogP contribution in [0.15, 0.2) is 60.1 Å². The van der Waals surface area contributed by atoms with E-state index in [9.17, 15) is 0 Å². The maximum absolute atomic E-state index is 3.16. The molecule has 0 radical (unpaired) electrons. The lowest BCUT2D eigenvalue weighted by Gasteiger charge is -1.92. The van der Waals surface area contributed by atoms with Gasteiger partial charge in [0.2, 0.25) is 0 Å². The van der Waals surface area contributed by atoms with Crippen LogP contribution in [0.1, 0.15) is 0 Å². The Bertz CT molecular complexity index is 354. The van der Waals surface area contributed by atoms with Gasteiger partial charge in [0.05, 0.1) is 5.57 Å². The van der Waals surface area contributed by atoms with Gasteiger partial charge in [0.1, 0.15) is 0 Å². The molecule has 0 aromatic carbocycles. The normalized spacial score (nSPS) is 13.5. The van der Waals surface area contributed by atoms with Gasteiger partial charge in [0.25, 0.3) is 0 Å². The monoisotopic (exact) mass is 156 g/mol. The fourth-order valence-electron chi connectivity index (χ4n) is 1.20. The number of hydrogen-bond acceptors (Lipinski definition) is 0. The predicted octanol–water partition coefficient (Wildman–Crippen LogP) is 1.63. The Kier molecular flexibility index (Phi) is 1.89. The Morgan fingerprint density at radius 1 is 1.17 bits per heavy atom. The van der Waals surface area contributed by atoms with Gasteiger partial charge in [-0.3, -0.25) is 0 Å². The molecule has 2 rings (SSSR count). The first-order valence-corrected chi connectivity index (χ1v) is 4.01. The zero-order valence-corrected chi connectivity index (χ0v) is 6.77. The lowest BCUT2D eigenvalue weighted by molar-refractivity contribution is -0.688. The van der Waals surface area contributed by atoms with Crippen molar-refractivity contribution in [2.75, 3.05) is 0 Å². The third kappa shape index (κ3) is 1.52. The van der Waals surface area contributed by atoms with Crippen LogP contribution in [-0.4, -0.2) is 0 Å². The minimum atomic E-state index is 0.911. The maximum atomic E-state index is 3.16. The predicted molar refractivity (Wildman–Crippen MR) is 47.4 cm³/mol. The summed E-state index contributed by atoms with van der Waals surface area (Å²) in [5.41, 5.74) is 4.39. The zero-order valence-electron chi connectivity index (χ0n) is 6.77. The first-order valence-electron chi connectivity index (χ1n) is 4.01. The molecule has 0 spiro atoms. The molecule has 0 fully saturated rings. The van der Waals surface area contributed by atoms with E-state index < -0.39 is 0 Å². The summed E-state index contributed by atoms with van der Waals surface area (Å²) in [4.78, 5) is 0. The van der Waals surface area contributed by atoms with Gasteiger partial charge in [-0.25, -0.2) is 4.57 Å². The molecule has 0 unspecified atom stereocenters. The molecule has 58 valence electrons. The van der Waals surface area contributed by atoms with Gasteiger partial charge in [-0.05, 0) is 12.2 Å². The van der Waals surface area contributed by atoms with E-state index in [0.717, 1.165) is 6.54 Å². The van der Waals surface area contributed by atoms with Crippen molar-refractivity contribution in [3.63, 3.8) is 0 Å². The van der Waals surface area contributed by atoms with Gasteiger partial charge in [-0.2, -0.15) is 0 Å². The van der Waals surface area contributed by atoms with Crippen molar-refractivity contribution < 1.29 is 4.57 Å². The second-order valence-electron chi connectivity index (χ2n) is 2.74. The Balaban J connectivity index is 2.15. The van der Waals surface area contributed by atoms with Crippen LogP contribution in [0.3, 0.4) is 0 Å². The molecule has 1 heteroatoms.